The molecule has 6 heteroatoms. The number of carbonyl (C=O) groups is 2. The van der Waals surface area contributed by atoms with Crippen LogP contribution < -0.4 is 16.0 Å². The Morgan fingerprint density at radius 1 is 1.18 bits per heavy atom. The van der Waals surface area contributed by atoms with Gasteiger partial charge in [0.05, 0.1) is 0 Å². The number of nitrogens with zero attached hydrogens (tertiary/aromatic N) is 1. The van der Waals surface area contributed by atoms with Crippen LogP contribution in [0.4, 0.5) is 14.9 Å². The maximum Gasteiger partial charge on any atom is 0.321 e. The van der Waals surface area contributed by atoms with Crippen molar-refractivity contribution in [3.63, 3.8) is 0 Å². The fraction of sp³-hybridized carbons (Fsp3) is 0.125. The predicted octanol–water partition coefficient (Wildman–Crippen LogP) is 2.27. The number of primary amides is 1. The Morgan fingerprint density at radius 3 is 2.50 bits per heavy atom. The van der Waals surface area contributed by atoms with Crippen LogP contribution in [0.5, 0.6) is 0 Å². The van der Waals surface area contributed by atoms with E-state index in [1.165, 1.54) is 29.2 Å². The van der Waals surface area contributed by atoms with Gasteiger partial charge in [0.25, 0.3) is 0 Å². The van der Waals surface area contributed by atoms with Crippen LogP contribution in [-0.2, 0) is 6.54 Å². The third kappa shape index (κ3) is 3.82. The lowest BCUT2D eigenvalue weighted by atomic mass is 10.1. The first-order chi connectivity index (χ1) is 10.5. The quantitative estimate of drug-likeness (QED) is 0.909. The van der Waals surface area contributed by atoms with Gasteiger partial charge in [-0.25, -0.2) is 9.18 Å². The molecule has 0 aromatic heterocycles. The van der Waals surface area contributed by atoms with Crippen LogP contribution in [0.1, 0.15) is 15.9 Å². The fourth-order valence-corrected chi connectivity index (χ4v) is 1.91. The molecule has 0 aliphatic carbocycles. The van der Waals surface area contributed by atoms with E-state index < -0.39 is 5.91 Å². The van der Waals surface area contributed by atoms with E-state index in [1.807, 2.05) is 0 Å². The molecule has 0 aliphatic rings. The minimum absolute atomic E-state index is 0.255. The van der Waals surface area contributed by atoms with Crippen LogP contribution in [0.15, 0.2) is 48.5 Å². The smallest absolute Gasteiger partial charge is 0.321 e. The lowest BCUT2D eigenvalue weighted by Crippen LogP contribution is -2.36. The van der Waals surface area contributed by atoms with Crippen molar-refractivity contribution in [2.75, 3.05) is 11.9 Å². The predicted molar refractivity (Wildman–Crippen MR) is 82.0 cm³/mol. The van der Waals surface area contributed by atoms with Crippen molar-refractivity contribution in [2.45, 2.75) is 6.54 Å². The molecule has 0 fully saturated rings. The van der Waals surface area contributed by atoms with Gasteiger partial charge >= 0.3 is 6.03 Å². The van der Waals surface area contributed by atoms with Crippen LogP contribution in [0.3, 0.4) is 0 Å². The van der Waals surface area contributed by atoms with Crippen molar-refractivity contribution in [1.29, 1.82) is 0 Å². The summed E-state index contributed by atoms with van der Waals surface area (Å²) >= 11 is 0. The van der Waals surface area contributed by atoms with E-state index in [0.29, 0.717) is 11.3 Å². The Labute approximate surface area is 127 Å². The third-order valence-corrected chi connectivity index (χ3v) is 3.17. The molecule has 5 nitrogen and oxygen atoms in total. The molecule has 2 rings (SSSR count). The van der Waals surface area contributed by atoms with Gasteiger partial charge < -0.3 is 11.1 Å². The van der Waals surface area contributed by atoms with E-state index in [1.54, 1.807) is 31.3 Å². The molecule has 0 saturated heterocycles. The second-order valence-electron chi connectivity index (χ2n) is 4.76. The molecular formula is C16H16FN3O2. The van der Waals surface area contributed by atoms with Gasteiger partial charge in [-0.15, -0.1) is 0 Å². The van der Waals surface area contributed by atoms with Gasteiger partial charge in [-0.05, 0) is 42.0 Å². The average molecular weight is 301 g/mol. The Kier molecular flexibility index (Phi) is 4.73. The van der Waals surface area contributed by atoms with Crippen LogP contribution in [0.2, 0.25) is 0 Å². The van der Waals surface area contributed by atoms with E-state index in [2.05, 4.69) is 5.32 Å². The summed E-state index contributed by atoms with van der Waals surface area (Å²) in [4.78, 5) is 24.5. The third-order valence-electron chi connectivity index (χ3n) is 3.17. The molecule has 0 bridgehead atoms. The molecule has 3 amide bonds. The standard InChI is InChI=1S/C16H16FN3O2/c1-20(14-7-5-13(17)6-8-14)16(22)19-10-11-3-2-4-12(9-11)15(18)21/h2-9H,10H2,1H3,(H2,18,21)(H,19,22). The number of halogens is 1. The van der Waals surface area contributed by atoms with Crippen LogP contribution in [-0.4, -0.2) is 19.0 Å². The number of anilines is 1. The van der Waals surface area contributed by atoms with E-state index >= 15 is 0 Å². The first-order valence-corrected chi connectivity index (χ1v) is 6.63. The SMILES string of the molecule is CN(C(=O)NCc1cccc(C(N)=O)c1)c1ccc(F)cc1. The van der Waals surface area contributed by atoms with E-state index in [9.17, 15) is 14.0 Å². The molecule has 0 saturated carbocycles. The van der Waals surface area contributed by atoms with Gasteiger partial charge in [-0.1, -0.05) is 12.1 Å². The van der Waals surface area contributed by atoms with Crippen molar-refractivity contribution in [2.24, 2.45) is 5.73 Å². The lowest BCUT2D eigenvalue weighted by Gasteiger charge is -2.18. The van der Waals surface area contributed by atoms with Crippen molar-refractivity contribution in [3.05, 3.63) is 65.5 Å². The topological polar surface area (TPSA) is 75.4 Å². The molecule has 0 spiro atoms. The number of amides is 3. The highest BCUT2D eigenvalue weighted by Crippen LogP contribution is 2.13. The summed E-state index contributed by atoms with van der Waals surface area (Å²) in [7, 11) is 1.59. The monoisotopic (exact) mass is 301 g/mol. The molecule has 0 atom stereocenters. The Bertz CT molecular complexity index is 686. The van der Waals surface area contributed by atoms with Gasteiger partial charge in [0.2, 0.25) is 5.91 Å². The molecule has 0 heterocycles. The zero-order chi connectivity index (χ0) is 16.1. The summed E-state index contributed by atoms with van der Waals surface area (Å²) in [6.07, 6.45) is 0. The number of benzene rings is 2. The zero-order valence-corrected chi connectivity index (χ0v) is 12.0. The molecule has 2 aromatic rings. The highest BCUT2D eigenvalue weighted by Gasteiger charge is 2.10. The highest BCUT2D eigenvalue weighted by molar-refractivity contribution is 5.93. The highest BCUT2D eigenvalue weighted by atomic mass is 19.1. The first-order valence-electron chi connectivity index (χ1n) is 6.63. The van der Waals surface area contributed by atoms with E-state index in [-0.39, 0.29) is 18.4 Å². The Morgan fingerprint density at radius 2 is 1.86 bits per heavy atom. The molecule has 114 valence electrons. The molecule has 0 radical (unpaired) electrons. The van der Waals surface area contributed by atoms with Crippen molar-refractivity contribution in [1.82, 2.24) is 5.32 Å². The summed E-state index contributed by atoms with van der Waals surface area (Å²) in [6.45, 7) is 0.255. The lowest BCUT2D eigenvalue weighted by molar-refractivity contribution is 0.1000. The molecule has 3 N–H and O–H groups in total. The zero-order valence-electron chi connectivity index (χ0n) is 12.0. The van der Waals surface area contributed by atoms with Gasteiger partial charge in [0.1, 0.15) is 5.82 Å². The normalized spacial score (nSPS) is 10.1. The first kappa shape index (κ1) is 15.5. The maximum absolute atomic E-state index is 12.9. The molecule has 2 aromatic carbocycles. The summed E-state index contributed by atoms with van der Waals surface area (Å²) < 4.78 is 12.9. The van der Waals surface area contributed by atoms with Crippen LogP contribution in [0, 0.1) is 5.82 Å². The number of hydrogen-bond acceptors (Lipinski definition) is 2. The fourth-order valence-electron chi connectivity index (χ4n) is 1.91. The Hall–Kier alpha value is -2.89. The van der Waals surface area contributed by atoms with Crippen molar-refractivity contribution >= 4 is 17.6 Å². The summed E-state index contributed by atoms with van der Waals surface area (Å²) in [5.74, 6) is -0.877. The minimum atomic E-state index is -0.517. The number of carbonyl (C=O) groups excluding carboxylic acids is 2. The second kappa shape index (κ2) is 6.71. The summed E-state index contributed by atoms with van der Waals surface area (Å²) in [5, 5.41) is 2.72. The molecule has 0 unspecified atom stereocenters. The summed E-state index contributed by atoms with van der Waals surface area (Å²) in [6, 6.07) is 12.0. The van der Waals surface area contributed by atoms with Crippen LogP contribution in [0.25, 0.3) is 0 Å². The number of nitrogens with one attached hydrogen (secondary N) is 1. The van der Waals surface area contributed by atoms with Crippen molar-refractivity contribution in [3.8, 4) is 0 Å². The molecular weight excluding hydrogens is 285 g/mol. The molecule has 0 aliphatic heterocycles. The number of hydrogen-bond donors (Lipinski definition) is 2. The average Bonchev–Trinajstić information content (AvgIpc) is 2.53. The number of urea groups is 1. The van der Waals surface area contributed by atoms with Gasteiger partial charge in [0.15, 0.2) is 0 Å². The second-order valence-corrected chi connectivity index (χ2v) is 4.76. The minimum Gasteiger partial charge on any atom is -0.366 e. The van der Waals surface area contributed by atoms with E-state index in [4.69, 9.17) is 5.73 Å². The van der Waals surface area contributed by atoms with Crippen molar-refractivity contribution < 1.29 is 14.0 Å². The molecule has 22 heavy (non-hydrogen) atoms. The largest absolute Gasteiger partial charge is 0.366 e. The van der Waals surface area contributed by atoms with Gasteiger partial charge in [-0.2, -0.15) is 0 Å². The van der Waals surface area contributed by atoms with Crippen LogP contribution >= 0.6 is 0 Å². The maximum atomic E-state index is 12.9. The van der Waals surface area contributed by atoms with Gasteiger partial charge in [0, 0.05) is 24.8 Å². The summed E-state index contributed by atoms with van der Waals surface area (Å²) in [5.41, 5.74) is 6.93. The number of nitrogens with two attached hydrogens (primary N) is 1. The number of rotatable bonds is 4. The van der Waals surface area contributed by atoms with Gasteiger partial charge in [-0.3, -0.25) is 9.69 Å². The Balaban J connectivity index is 1.99. The van der Waals surface area contributed by atoms with E-state index in [0.717, 1.165) is 5.56 Å².